The Hall–Kier alpha value is -3.67. The van der Waals surface area contributed by atoms with Crippen LogP contribution in [0.15, 0.2) is 42.9 Å². The number of nitrogens with zero attached hydrogens (tertiary/aromatic N) is 6. The maximum Gasteiger partial charge on any atom is 0.257 e. The van der Waals surface area contributed by atoms with Gasteiger partial charge in [-0.1, -0.05) is 5.92 Å². The SMILES string of the molecule is CC1(C#Cc2cc(N(CC(F)F)c3nc4nncn4c4ccc(F)cc34)ccn2)CC1. The van der Waals surface area contributed by atoms with Gasteiger partial charge in [-0.15, -0.1) is 10.2 Å². The van der Waals surface area contributed by atoms with Gasteiger partial charge in [0.15, 0.2) is 0 Å². The van der Waals surface area contributed by atoms with Crippen LogP contribution in [0.1, 0.15) is 25.5 Å². The topological polar surface area (TPSA) is 59.2 Å². The molecule has 5 rings (SSSR count). The number of halogens is 3. The zero-order chi connectivity index (χ0) is 21.6. The summed E-state index contributed by atoms with van der Waals surface area (Å²) in [5, 5.41) is 8.15. The van der Waals surface area contributed by atoms with Gasteiger partial charge in [0.25, 0.3) is 12.2 Å². The summed E-state index contributed by atoms with van der Waals surface area (Å²) in [6, 6.07) is 7.36. The van der Waals surface area contributed by atoms with Crippen LogP contribution in [0.25, 0.3) is 16.7 Å². The van der Waals surface area contributed by atoms with Gasteiger partial charge in [0, 0.05) is 22.7 Å². The van der Waals surface area contributed by atoms with Gasteiger partial charge >= 0.3 is 0 Å². The fourth-order valence-corrected chi connectivity index (χ4v) is 3.37. The van der Waals surface area contributed by atoms with Crippen molar-refractivity contribution in [2.24, 2.45) is 5.41 Å². The first kappa shape index (κ1) is 19.3. The Labute approximate surface area is 175 Å². The van der Waals surface area contributed by atoms with Crippen LogP contribution >= 0.6 is 0 Å². The maximum absolute atomic E-state index is 14.1. The summed E-state index contributed by atoms with van der Waals surface area (Å²) in [7, 11) is 0. The van der Waals surface area contributed by atoms with Crippen molar-refractivity contribution in [3.05, 3.63) is 54.4 Å². The molecule has 4 aromatic rings. The van der Waals surface area contributed by atoms with Crippen LogP contribution in [0.5, 0.6) is 0 Å². The average molecular weight is 422 g/mol. The van der Waals surface area contributed by atoms with E-state index in [9.17, 15) is 13.2 Å². The molecule has 31 heavy (non-hydrogen) atoms. The lowest BCUT2D eigenvalue weighted by Crippen LogP contribution is -2.25. The molecule has 9 heteroatoms. The second-order valence-electron chi connectivity index (χ2n) is 7.81. The Kier molecular flexibility index (Phi) is 4.50. The van der Waals surface area contributed by atoms with Gasteiger partial charge in [-0.2, -0.15) is 4.98 Å². The van der Waals surface area contributed by atoms with Crippen LogP contribution in [0, 0.1) is 23.1 Å². The molecule has 0 N–H and O–H groups in total. The minimum absolute atomic E-state index is 0.00827. The summed E-state index contributed by atoms with van der Waals surface area (Å²) in [5.74, 6) is 6.11. The van der Waals surface area contributed by atoms with Crippen molar-refractivity contribution in [2.75, 3.05) is 11.4 Å². The maximum atomic E-state index is 14.1. The molecule has 3 heterocycles. The first-order valence-corrected chi connectivity index (χ1v) is 9.76. The third-order valence-corrected chi connectivity index (χ3v) is 5.32. The molecule has 0 spiro atoms. The van der Waals surface area contributed by atoms with Crippen LogP contribution in [0.3, 0.4) is 0 Å². The molecule has 0 unspecified atom stereocenters. The molecular formula is C22H17F3N6. The lowest BCUT2D eigenvalue weighted by atomic mass is 10.1. The summed E-state index contributed by atoms with van der Waals surface area (Å²) >= 11 is 0. The Balaban J connectivity index is 1.68. The highest BCUT2D eigenvalue weighted by Crippen LogP contribution is 2.44. The molecule has 156 valence electrons. The fourth-order valence-electron chi connectivity index (χ4n) is 3.37. The molecule has 6 nitrogen and oxygen atoms in total. The van der Waals surface area contributed by atoms with Crippen molar-refractivity contribution in [3.8, 4) is 11.8 Å². The Morgan fingerprint density at radius 1 is 1.23 bits per heavy atom. The van der Waals surface area contributed by atoms with E-state index >= 15 is 0 Å². The van der Waals surface area contributed by atoms with Crippen LogP contribution in [0.2, 0.25) is 0 Å². The normalized spacial score (nSPS) is 14.6. The highest BCUT2D eigenvalue weighted by atomic mass is 19.3. The minimum Gasteiger partial charge on any atom is -0.320 e. The number of benzene rings is 1. The standard InChI is InChI=1S/C22H17F3N6/c1-22(7-8-22)6-4-15-11-16(5-9-26-15)30(12-19(24)25)20-17-10-14(23)2-3-18(17)31-13-27-29-21(31)28-20/h2-3,5,9-11,13,19H,7-8,12H2,1H3. The lowest BCUT2D eigenvalue weighted by Gasteiger charge is -2.25. The molecule has 1 aliphatic carbocycles. The third-order valence-electron chi connectivity index (χ3n) is 5.32. The first-order valence-electron chi connectivity index (χ1n) is 9.76. The van der Waals surface area contributed by atoms with Crippen molar-refractivity contribution < 1.29 is 13.2 Å². The molecule has 1 aromatic carbocycles. The van der Waals surface area contributed by atoms with Gasteiger partial charge in [-0.25, -0.2) is 18.2 Å². The zero-order valence-corrected chi connectivity index (χ0v) is 16.6. The Bertz CT molecular complexity index is 1350. The average Bonchev–Trinajstić information content (AvgIpc) is 3.29. The molecule has 0 bridgehead atoms. The Morgan fingerprint density at radius 3 is 2.84 bits per heavy atom. The van der Waals surface area contributed by atoms with Crippen LogP contribution in [-0.2, 0) is 0 Å². The van der Waals surface area contributed by atoms with Crippen molar-refractivity contribution in [1.82, 2.24) is 24.6 Å². The van der Waals surface area contributed by atoms with E-state index in [0.717, 1.165) is 12.8 Å². The van der Waals surface area contributed by atoms with E-state index in [0.29, 0.717) is 22.3 Å². The summed E-state index contributed by atoms with van der Waals surface area (Å²) in [6.07, 6.45) is 2.38. The molecule has 0 saturated heterocycles. The summed E-state index contributed by atoms with van der Waals surface area (Å²) < 4.78 is 42.8. The summed E-state index contributed by atoms with van der Waals surface area (Å²) in [6.45, 7) is 1.43. The highest BCUT2D eigenvalue weighted by Gasteiger charge is 2.35. The summed E-state index contributed by atoms with van der Waals surface area (Å²) in [4.78, 5) is 10.0. The quantitative estimate of drug-likeness (QED) is 0.457. The highest BCUT2D eigenvalue weighted by molar-refractivity contribution is 5.93. The van der Waals surface area contributed by atoms with E-state index in [1.807, 2.05) is 0 Å². The van der Waals surface area contributed by atoms with Crippen molar-refractivity contribution >= 4 is 28.2 Å². The number of fused-ring (bicyclic) bond motifs is 3. The lowest BCUT2D eigenvalue weighted by molar-refractivity contribution is 0.158. The van der Waals surface area contributed by atoms with Crippen molar-refractivity contribution in [3.63, 3.8) is 0 Å². The fraction of sp³-hybridized carbons (Fsp3) is 0.273. The predicted octanol–water partition coefficient (Wildman–Crippen LogP) is 4.37. The summed E-state index contributed by atoms with van der Waals surface area (Å²) in [5.41, 5.74) is 1.47. The first-order chi connectivity index (χ1) is 14.9. The molecule has 1 aliphatic rings. The van der Waals surface area contributed by atoms with Crippen molar-refractivity contribution in [1.29, 1.82) is 0 Å². The smallest absolute Gasteiger partial charge is 0.257 e. The number of alkyl halides is 2. The predicted molar refractivity (Wildman–Crippen MR) is 110 cm³/mol. The van der Waals surface area contributed by atoms with Gasteiger partial charge in [0.05, 0.1) is 12.1 Å². The number of rotatable bonds is 4. The largest absolute Gasteiger partial charge is 0.320 e. The number of anilines is 2. The van der Waals surface area contributed by atoms with E-state index in [2.05, 4.69) is 38.9 Å². The monoisotopic (exact) mass is 422 g/mol. The zero-order valence-electron chi connectivity index (χ0n) is 16.6. The number of aromatic nitrogens is 5. The van der Waals surface area contributed by atoms with Gasteiger partial charge in [-0.3, -0.25) is 4.40 Å². The molecule has 0 radical (unpaired) electrons. The number of hydrogen-bond acceptors (Lipinski definition) is 5. The van der Waals surface area contributed by atoms with E-state index in [1.54, 1.807) is 22.6 Å². The molecule has 1 fully saturated rings. The van der Waals surface area contributed by atoms with Crippen LogP contribution in [0.4, 0.5) is 24.7 Å². The van der Waals surface area contributed by atoms with E-state index in [1.165, 1.54) is 29.6 Å². The molecule has 1 saturated carbocycles. The molecule has 3 aromatic heterocycles. The van der Waals surface area contributed by atoms with E-state index in [-0.39, 0.29) is 17.0 Å². The minimum atomic E-state index is -2.66. The second kappa shape index (κ2) is 7.23. The van der Waals surface area contributed by atoms with Gasteiger partial charge in [0.1, 0.15) is 23.7 Å². The van der Waals surface area contributed by atoms with Gasteiger partial charge in [0.2, 0.25) is 0 Å². The Morgan fingerprint density at radius 2 is 2.06 bits per heavy atom. The number of hydrogen-bond donors (Lipinski definition) is 0. The van der Waals surface area contributed by atoms with Gasteiger partial charge < -0.3 is 4.90 Å². The molecule has 0 atom stereocenters. The molecular weight excluding hydrogens is 405 g/mol. The molecule has 0 aliphatic heterocycles. The second-order valence-corrected chi connectivity index (χ2v) is 7.81. The van der Waals surface area contributed by atoms with E-state index in [4.69, 9.17) is 0 Å². The number of pyridine rings is 1. The van der Waals surface area contributed by atoms with Crippen LogP contribution < -0.4 is 4.90 Å². The van der Waals surface area contributed by atoms with E-state index < -0.39 is 18.8 Å². The third kappa shape index (κ3) is 3.77. The van der Waals surface area contributed by atoms with Crippen molar-refractivity contribution in [2.45, 2.75) is 26.2 Å². The molecule has 0 amide bonds. The van der Waals surface area contributed by atoms with Crippen LogP contribution in [-0.4, -0.2) is 37.5 Å². The van der Waals surface area contributed by atoms with Gasteiger partial charge in [-0.05, 0) is 56.0 Å².